The largest absolute Gasteiger partial charge is 0.399 e. The zero-order chi connectivity index (χ0) is 25.5. The molecule has 1 saturated heterocycles. The molecular formula is C29H36F2N4O. The van der Waals surface area contributed by atoms with E-state index in [1.807, 2.05) is 31.2 Å². The van der Waals surface area contributed by atoms with E-state index < -0.39 is 6.10 Å². The number of nitrogens with one attached hydrogen (secondary N) is 2. The number of nitrogens with two attached hydrogens (primary N) is 1. The summed E-state index contributed by atoms with van der Waals surface area (Å²) in [7, 11) is 0. The van der Waals surface area contributed by atoms with Crippen molar-refractivity contribution in [2.75, 3.05) is 37.2 Å². The number of aliphatic hydroxyl groups excluding tert-OH is 1. The molecule has 36 heavy (non-hydrogen) atoms. The molecule has 0 radical (unpaired) electrons. The summed E-state index contributed by atoms with van der Waals surface area (Å²) < 4.78 is 27.7. The van der Waals surface area contributed by atoms with E-state index >= 15 is 0 Å². The minimum atomic E-state index is -0.447. The Morgan fingerprint density at radius 2 is 1.39 bits per heavy atom. The fourth-order valence-electron chi connectivity index (χ4n) is 5.20. The lowest BCUT2D eigenvalue weighted by Crippen LogP contribution is -2.51. The van der Waals surface area contributed by atoms with Crippen LogP contribution in [0.1, 0.15) is 36.8 Å². The van der Waals surface area contributed by atoms with Gasteiger partial charge in [-0.1, -0.05) is 24.3 Å². The van der Waals surface area contributed by atoms with Gasteiger partial charge in [0.05, 0.1) is 6.10 Å². The Hall–Kier alpha value is -3.00. The van der Waals surface area contributed by atoms with Gasteiger partial charge >= 0.3 is 0 Å². The maximum Gasteiger partial charge on any atom is 0.123 e. The van der Waals surface area contributed by atoms with Crippen LogP contribution in [0.5, 0.6) is 0 Å². The number of rotatable bonds is 10. The second-order valence-corrected chi connectivity index (χ2v) is 9.71. The highest BCUT2D eigenvalue weighted by atomic mass is 19.1. The van der Waals surface area contributed by atoms with E-state index in [1.165, 1.54) is 24.3 Å². The van der Waals surface area contributed by atoms with Gasteiger partial charge in [0.25, 0.3) is 0 Å². The average Bonchev–Trinajstić information content (AvgIpc) is 2.87. The molecule has 0 aromatic heterocycles. The Kier molecular flexibility index (Phi) is 8.91. The number of hydrogen-bond donors (Lipinski definition) is 4. The second-order valence-electron chi connectivity index (χ2n) is 9.71. The molecule has 1 aliphatic rings. The standard InChI is InChI=1S/C29H36F2N4O/c1-20(36)18-27(35-16-14-33-15-17-35)19-28(34-26-12-10-25(32)11-13-26)29(21-2-6-23(30)7-3-21)22-4-8-24(31)9-5-22/h2-13,20,27-29,33-34,36H,14-19,32H2,1H3. The van der Waals surface area contributed by atoms with Gasteiger partial charge in [0.2, 0.25) is 0 Å². The number of nitrogens with zero attached hydrogens (tertiary/aromatic N) is 1. The predicted octanol–water partition coefficient (Wildman–Crippen LogP) is 4.59. The van der Waals surface area contributed by atoms with Crippen LogP contribution in [0.4, 0.5) is 20.2 Å². The fourth-order valence-corrected chi connectivity index (χ4v) is 5.20. The molecule has 192 valence electrons. The van der Waals surface area contributed by atoms with Crippen molar-refractivity contribution in [1.82, 2.24) is 10.2 Å². The molecule has 1 fully saturated rings. The molecule has 3 aromatic carbocycles. The van der Waals surface area contributed by atoms with Crippen molar-refractivity contribution in [2.24, 2.45) is 0 Å². The molecule has 5 N–H and O–H groups in total. The highest BCUT2D eigenvalue weighted by Crippen LogP contribution is 2.34. The smallest absolute Gasteiger partial charge is 0.123 e. The maximum absolute atomic E-state index is 13.9. The molecule has 0 saturated carbocycles. The van der Waals surface area contributed by atoms with Gasteiger partial charge in [-0.25, -0.2) is 8.78 Å². The summed E-state index contributed by atoms with van der Waals surface area (Å²) in [6.07, 6.45) is 0.922. The summed E-state index contributed by atoms with van der Waals surface area (Å²) in [5, 5.41) is 17.5. The van der Waals surface area contributed by atoms with Crippen molar-refractivity contribution in [3.8, 4) is 0 Å². The van der Waals surface area contributed by atoms with Gasteiger partial charge < -0.3 is 21.5 Å². The van der Waals surface area contributed by atoms with Gasteiger partial charge in [-0.05, 0) is 79.4 Å². The van der Waals surface area contributed by atoms with Crippen LogP contribution < -0.4 is 16.4 Å². The number of anilines is 2. The van der Waals surface area contributed by atoms with Crippen LogP contribution in [0.2, 0.25) is 0 Å². The molecular weight excluding hydrogens is 458 g/mol. The zero-order valence-corrected chi connectivity index (χ0v) is 20.7. The Morgan fingerprint density at radius 3 is 1.89 bits per heavy atom. The van der Waals surface area contributed by atoms with Gasteiger partial charge in [0.1, 0.15) is 11.6 Å². The first-order chi connectivity index (χ1) is 17.4. The number of hydrogen-bond acceptors (Lipinski definition) is 5. The molecule has 4 rings (SSSR count). The fraction of sp³-hybridized carbons (Fsp3) is 0.379. The SMILES string of the molecule is CC(O)CC(CC(Nc1ccc(N)cc1)C(c1ccc(F)cc1)c1ccc(F)cc1)N1CCNCC1. The lowest BCUT2D eigenvalue weighted by atomic mass is 9.81. The minimum absolute atomic E-state index is 0.122. The van der Waals surface area contributed by atoms with E-state index in [0.29, 0.717) is 12.1 Å². The molecule has 5 nitrogen and oxygen atoms in total. The first kappa shape index (κ1) is 26.1. The normalized spacial score (nSPS) is 17.0. The maximum atomic E-state index is 13.9. The Bertz CT molecular complexity index is 1020. The van der Waals surface area contributed by atoms with Gasteiger partial charge in [-0.3, -0.25) is 4.90 Å². The molecule has 3 atom stereocenters. The molecule has 0 bridgehead atoms. The van der Waals surface area contributed by atoms with Crippen molar-refractivity contribution in [3.05, 3.63) is 95.6 Å². The molecule has 3 unspecified atom stereocenters. The number of halogens is 2. The molecule has 0 amide bonds. The lowest BCUT2D eigenvalue weighted by Gasteiger charge is -2.40. The summed E-state index contributed by atoms with van der Waals surface area (Å²) >= 11 is 0. The zero-order valence-electron chi connectivity index (χ0n) is 20.7. The van der Waals surface area contributed by atoms with Crippen LogP contribution in [-0.4, -0.2) is 54.4 Å². The van der Waals surface area contributed by atoms with Crippen molar-refractivity contribution in [2.45, 2.75) is 43.9 Å². The van der Waals surface area contributed by atoms with Gasteiger partial charge in [0, 0.05) is 55.6 Å². The van der Waals surface area contributed by atoms with Gasteiger partial charge in [-0.15, -0.1) is 0 Å². The van der Waals surface area contributed by atoms with E-state index in [-0.39, 0.29) is 29.6 Å². The summed E-state index contributed by atoms with van der Waals surface area (Å²) in [6, 6.07) is 20.7. The lowest BCUT2D eigenvalue weighted by molar-refractivity contribution is 0.0945. The summed E-state index contributed by atoms with van der Waals surface area (Å²) in [5.74, 6) is -0.775. The van der Waals surface area contributed by atoms with E-state index in [9.17, 15) is 13.9 Å². The Labute approximate surface area is 212 Å². The molecule has 1 heterocycles. The van der Waals surface area contributed by atoms with Crippen LogP contribution in [0.25, 0.3) is 0 Å². The van der Waals surface area contributed by atoms with Crippen molar-refractivity contribution in [3.63, 3.8) is 0 Å². The number of piperazine rings is 1. The number of benzene rings is 3. The average molecular weight is 495 g/mol. The monoisotopic (exact) mass is 494 g/mol. The molecule has 0 aliphatic carbocycles. The summed E-state index contributed by atoms with van der Waals surface area (Å²) in [6.45, 7) is 5.46. The van der Waals surface area contributed by atoms with Crippen LogP contribution in [0.15, 0.2) is 72.8 Å². The highest BCUT2D eigenvalue weighted by molar-refractivity contribution is 5.53. The number of nitrogen functional groups attached to an aromatic ring is 1. The third kappa shape index (κ3) is 7.03. The van der Waals surface area contributed by atoms with Crippen LogP contribution in [0.3, 0.4) is 0 Å². The van der Waals surface area contributed by atoms with Crippen molar-refractivity contribution in [1.29, 1.82) is 0 Å². The van der Waals surface area contributed by atoms with Crippen LogP contribution in [-0.2, 0) is 0 Å². The molecule has 0 spiro atoms. The van der Waals surface area contributed by atoms with E-state index in [4.69, 9.17) is 5.73 Å². The number of aliphatic hydroxyl groups is 1. The van der Waals surface area contributed by atoms with E-state index in [1.54, 1.807) is 24.3 Å². The Balaban J connectivity index is 1.75. The van der Waals surface area contributed by atoms with E-state index in [2.05, 4.69) is 15.5 Å². The molecule has 7 heteroatoms. The summed E-state index contributed by atoms with van der Waals surface area (Å²) in [5.41, 5.74) is 9.39. The molecule has 1 aliphatic heterocycles. The van der Waals surface area contributed by atoms with Crippen LogP contribution in [0, 0.1) is 11.6 Å². The first-order valence-corrected chi connectivity index (χ1v) is 12.6. The minimum Gasteiger partial charge on any atom is -0.399 e. The summed E-state index contributed by atoms with van der Waals surface area (Å²) in [4.78, 5) is 2.44. The molecule has 3 aromatic rings. The topological polar surface area (TPSA) is 73.5 Å². The second kappa shape index (κ2) is 12.3. The third-order valence-corrected chi connectivity index (χ3v) is 6.93. The predicted molar refractivity (Wildman–Crippen MR) is 142 cm³/mol. The van der Waals surface area contributed by atoms with E-state index in [0.717, 1.165) is 49.4 Å². The third-order valence-electron chi connectivity index (χ3n) is 6.93. The highest BCUT2D eigenvalue weighted by Gasteiger charge is 2.31. The van der Waals surface area contributed by atoms with Gasteiger partial charge in [0.15, 0.2) is 0 Å². The van der Waals surface area contributed by atoms with Crippen LogP contribution >= 0.6 is 0 Å². The van der Waals surface area contributed by atoms with Crippen molar-refractivity contribution < 1.29 is 13.9 Å². The first-order valence-electron chi connectivity index (χ1n) is 12.6. The van der Waals surface area contributed by atoms with Gasteiger partial charge in [-0.2, -0.15) is 0 Å². The van der Waals surface area contributed by atoms with Crippen molar-refractivity contribution >= 4 is 11.4 Å². The quantitative estimate of drug-likeness (QED) is 0.310. The Morgan fingerprint density at radius 1 is 0.861 bits per heavy atom.